The Morgan fingerprint density at radius 2 is 0.693 bits per heavy atom. The lowest BCUT2D eigenvalue weighted by atomic mass is 10.1. The van der Waals surface area contributed by atoms with Crippen LogP contribution in [0.4, 0.5) is 39.5 Å². The molecule has 6 aromatic carbocycles. The number of alkyl halides is 9. The smallest absolute Gasteiger partial charge is 0.435 e. The minimum Gasteiger partial charge on any atom is -0.497 e. The molecule has 0 aliphatic rings. The molecular formula is C53H40F9N9O4. The topological polar surface area (TPSA) is 192 Å². The van der Waals surface area contributed by atoms with Gasteiger partial charge >= 0.3 is 18.5 Å². The molecule has 0 spiro atoms. The molecule has 0 radical (unpaired) electrons. The average molecular weight is 1040 g/mol. The molecule has 0 atom stereocenters. The molecule has 22 heteroatoms. The number of hydrogen-bond donors (Lipinski definition) is 3. The Balaban J connectivity index is 0.000000164. The summed E-state index contributed by atoms with van der Waals surface area (Å²) >= 11 is 0. The highest BCUT2D eigenvalue weighted by Crippen LogP contribution is 2.36. The van der Waals surface area contributed by atoms with E-state index in [1.54, 1.807) is 66.7 Å². The van der Waals surface area contributed by atoms with Gasteiger partial charge in [-0.25, -0.2) is 14.0 Å². The zero-order valence-corrected chi connectivity index (χ0v) is 39.1. The number of rotatable bonds is 10. The van der Waals surface area contributed by atoms with Crippen molar-refractivity contribution in [1.82, 2.24) is 29.3 Å². The number of ether oxygens (including phenoxy) is 1. The van der Waals surface area contributed by atoms with Crippen molar-refractivity contribution in [2.24, 2.45) is 17.2 Å². The first-order valence-corrected chi connectivity index (χ1v) is 21.9. The van der Waals surface area contributed by atoms with E-state index in [2.05, 4.69) is 15.3 Å². The normalized spacial score (nSPS) is 11.5. The quantitative estimate of drug-likeness (QED) is 0.113. The summed E-state index contributed by atoms with van der Waals surface area (Å²) < 4.78 is 127. The van der Waals surface area contributed by atoms with E-state index in [0.29, 0.717) is 50.9 Å². The number of methoxy groups -OCH3 is 1. The van der Waals surface area contributed by atoms with Crippen molar-refractivity contribution in [2.45, 2.75) is 25.5 Å². The van der Waals surface area contributed by atoms with Crippen molar-refractivity contribution in [3.63, 3.8) is 0 Å². The summed E-state index contributed by atoms with van der Waals surface area (Å²) in [7, 11) is 1.50. The van der Waals surface area contributed by atoms with E-state index in [-0.39, 0.29) is 22.4 Å². The first-order chi connectivity index (χ1) is 35.4. The van der Waals surface area contributed by atoms with Crippen molar-refractivity contribution >= 4 is 17.7 Å². The summed E-state index contributed by atoms with van der Waals surface area (Å²) in [6, 6.07) is 43.0. The number of hydrogen-bond acceptors (Lipinski definition) is 7. The molecule has 0 unspecified atom stereocenters. The summed E-state index contributed by atoms with van der Waals surface area (Å²) in [6.45, 7) is 1.89. The number of benzene rings is 6. The van der Waals surface area contributed by atoms with Gasteiger partial charge in [0, 0.05) is 33.4 Å². The number of aromatic nitrogens is 6. The number of carbonyl (C=O) groups is 3. The molecule has 9 aromatic rings. The van der Waals surface area contributed by atoms with E-state index in [0.717, 1.165) is 23.8 Å². The van der Waals surface area contributed by atoms with E-state index < -0.39 is 53.3 Å². The van der Waals surface area contributed by atoms with Crippen LogP contribution in [0, 0.1) is 6.92 Å². The number of primary amides is 3. The lowest BCUT2D eigenvalue weighted by Gasteiger charge is -2.09. The van der Waals surface area contributed by atoms with E-state index in [1.807, 2.05) is 19.1 Å². The molecule has 3 heterocycles. The van der Waals surface area contributed by atoms with Gasteiger partial charge in [-0.1, -0.05) is 60.2 Å². The molecule has 75 heavy (non-hydrogen) atoms. The van der Waals surface area contributed by atoms with Crippen LogP contribution in [0.25, 0.3) is 50.8 Å². The lowest BCUT2D eigenvalue weighted by Crippen LogP contribution is -2.11. The minimum absolute atomic E-state index is 0.253. The van der Waals surface area contributed by atoms with E-state index in [4.69, 9.17) is 21.9 Å². The lowest BCUT2D eigenvalue weighted by molar-refractivity contribution is -0.142. The molecule has 9 rings (SSSR count). The maximum absolute atomic E-state index is 13.1. The number of nitrogens with two attached hydrogens (primary N) is 3. The Labute approximate surface area is 420 Å². The summed E-state index contributed by atoms with van der Waals surface area (Å²) in [5, 5.41) is 11.1. The molecular weight excluding hydrogens is 998 g/mol. The second-order valence-corrected chi connectivity index (χ2v) is 16.2. The standard InChI is InChI=1S/C18H14F3N3O2.C18H14F3N3O.C17H12F3N3O/c1-26-14-8-4-11(5-9-14)15-10-16(18(19,20)21)23-24(15)13-6-2-12(3-7-13)17(22)25;1-11-2-4-12(5-3-11)15-10-16(18(19,20)21)23-24(15)14-8-6-13(7-9-14)17(22)25;18-17(19,20)15-10-14(11-4-2-1-3-5-11)23(22-15)13-8-6-12(7-9-13)16(21)24/h2-10H,1H3,(H2,22,25);2-10H,1H3,(H2,22,25);1-10H,(H2,21,24). The average Bonchev–Trinajstić information content (AvgIpc) is 4.17. The monoisotopic (exact) mass is 1040 g/mol. The van der Waals surface area contributed by atoms with Gasteiger partial charge in [0.2, 0.25) is 17.7 Å². The molecule has 0 saturated heterocycles. The number of amides is 3. The van der Waals surface area contributed by atoms with Crippen LogP contribution in [0.1, 0.15) is 53.7 Å². The first kappa shape index (κ1) is 53.3. The third kappa shape index (κ3) is 12.8. The molecule has 0 bridgehead atoms. The maximum Gasteiger partial charge on any atom is 0.435 e. The highest BCUT2D eigenvalue weighted by Gasteiger charge is 2.37. The Hall–Kier alpha value is -9.47. The zero-order valence-electron chi connectivity index (χ0n) is 39.1. The molecule has 0 aliphatic heterocycles. The molecule has 0 saturated carbocycles. The van der Waals surface area contributed by atoms with Crippen molar-refractivity contribution in [2.75, 3.05) is 7.11 Å². The largest absolute Gasteiger partial charge is 0.497 e. The van der Waals surface area contributed by atoms with Crippen molar-refractivity contribution < 1.29 is 58.6 Å². The third-order valence-electron chi connectivity index (χ3n) is 11.0. The van der Waals surface area contributed by atoms with Gasteiger partial charge in [-0.3, -0.25) is 14.4 Å². The highest BCUT2D eigenvalue weighted by atomic mass is 19.4. The molecule has 3 amide bonds. The fourth-order valence-corrected chi connectivity index (χ4v) is 7.16. The second kappa shape index (κ2) is 21.7. The van der Waals surface area contributed by atoms with Crippen molar-refractivity contribution in [3.8, 4) is 56.6 Å². The predicted molar refractivity (Wildman–Crippen MR) is 259 cm³/mol. The number of aryl methyl sites for hydroxylation is 1. The molecule has 13 nitrogen and oxygen atoms in total. The van der Waals surface area contributed by atoms with Gasteiger partial charge in [-0.2, -0.15) is 54.8 Å². The van der Waals surface area contributed by atoms with Gasteiger partial charge in [-0.05, 0) is 122 Å². The molecule has 3 aromatic heterocycles. The van der Waals surface area contributed by atoms with Crippen molar-refractivity contribution in [3.05, 3.63) is 209 Å². The van der Waals surface area contributed by atoms with E-state index in [9.17, 15) is 53.9 Å². The first-order valence-electron chi connectivity index (χ1n) is 21.9. The summed E-state index contributed by atoms with van der Waals surface area (Å²) in [5.74, 6) is -1.26. The SMILES string of the molecule is COc1ccc(-c2cc(C(F)(F)F)nn2-c2ccc(C(N)=O)cc2)cc1.Cc1ccc(-c2cc(C(F)(F)F)nn2-c2ccc(C(N)=O)cc2)cc1.NC(=O)c1ccc(-n2nc(C(F)(F)F)cc2-c2ccccc2)cc1. The van der Waals surface area contributed by atoms with Crippen LogP contribution in [-0.4, -0.2) is 54.2 Å². The zero-order chi connectivity index (χ0) is 54.4. The molecule has 0 aliphatic carbocycles. The number of nitrogens with zero attached hydrogens (tertiary/aromatic N) is 6. The fraction of sp³-hybridized carbons (Fsp3) is 0.0943. The van der Waals surface area contributed by atoms with Crippen LogP contribution in [0.2, 0.25) is 0 Å². The van der Waals surface area contributed by atoms with Gasteiger partial charge < -0.3 is 21.9 Å². The van der Waals surface area contributed by atoms with Crippen LogP contribution in [0.3, 0.4) is 0 Å². The van der Waals surface area contributed by atoms with E-state index in [1.165, 1.54) is 94.0 Å². The molecule has 6 N–H and O–H groups in total. The third-order valence-corrected chi connectivity index (χ3v) is 11.0. The Morgan fingerprint density at radius 1 is 0.413 bits per heavy atom. The maximum atomic E-state index is 13.1. The number of halogens is 9. The second-order valence-electron chi connectivity index (χ2n) is 16.2. The predicted octanol–water partition coefficient (Wildman–Crippen LogP) is 11.3. The van der Waals surface area contributed by atoms with Gasteiger partial charge in [0.05, 0.1) is 41.3 Å². The van der Waals surface area contributed by atoms with Gasteiger partial charge in [-0.15, -0.1) is 0 Å². The van der Waals surface area contributed by atoms with E-state index >= 15 is 0 Å². The summed E-state index contributed by atoms with van der Waals surface area (Å²) in [6.07, 6.45) is -13.7. The summed E-state index contributed by atoms with van der Waals surface area (Å²) in [5.41, 5.74) is 18.1. The van der Waals surface area contributed by atoms with Crippen LogP contribution in [-0.2, 0) is 18.5 Å². The Kier molecular flexibility index (Phi) is 15.4. The van der Waals surface area contributed by atoms with Gasteiger partial charge in [0.25, 0.3) is 0 Å². The minimum atomic E-state index is -4.58. The molecule has 0 fully saturated rings. The van der Waals surface area contributed by atoms with Crippen LogP contribution >= 0.6 is 0 Å². The number of carbonyl (C=O) groups excluding carboxylic acids is 3. The van der Waals surface area contributed by atoms with Crippen molar-refractivity contribution in [1.29, 1.82) is 0 Å². The van der Waals surface area contributed by atoms with Crippen LogP contribution in [0.15, 0.2) is 170 Å². The fourth-order valence-electron chi connectivity index (χ4n) is 7.16. The van der Waals surface area contributed by atoms with Gasteiger partial charge in [0.1, 0.15) is 5.75 Å². The Morgan fingerprint density at radius 3 is 0.960 bits per heavy atom. The highest BCUT2D eigenvalue weighted by molar-refractivity contribution is 5.94. The van der Waals surface area contributed by atoms with Crippen LogP contribution in [0.5, 0.6) is 5.75 Å². The van der Waals surface area contributed by atoms with Crippen LogP contribution < -0.4 is 21.9 Å². The summed E-state index contributed by atoms with van der Waals surface area (Å²) in [4.78, 5) is 33.5. The molecule has 384 valence electrons. The Bertz CT molecular complexity index is 3440. The van der Waals surface area contributed by atoms with Gasteiger partial charge in [0.15, 0.2) is 17.1 Å².